The van der Waals surface area contributed by atoms with Gasteiger partial charge in [0.25, 0.3) is 6.43 Å². The molecule has 10 heteroatoms. The van der Waals surface area contributed by atoms with E-state index in [1.807, 2.05) is 0 Å². The molecular formula is C17H11F5N2O2S. The van der Waals surface area contributed by atoms with Crippen molar-refractivity contribution >= 4 is 9.84 Å². The Kier molecular flexibility index (Phi) is 4.77. The van der Waals surface area contributed by atoms with E-state index in [0.29, 0.717) is 18.4 Å². The van der Waals surface area contributed by atoms with Crippen LogP contribution in [0.1, 0.15) is 12.1 Å². The van der Waals surface area contributed by atoms with Gasteiger partial charge in [-0.25, -0.2) is 35.1 Å². The van der Waals surface area contributed by atoms with Crippen molar-refractivity contribution in [3.8, 4) is 16.9 Å². The van der Waals surface area contributed by atoms with Crippen molar-refractivity contribution in [2.75, 3.05) is 6.26 Å². The van der Waals surface area contributed by atoms with Crippen molar-refractivity contribution < 1.29 is 30.4 Å². The highest BCUT2D eigenvalue weighted by molar-refractivity contribution is 7.90. The van der Waals surface area contributed by atoms with Crippen molar-refractivity contribution in [2.45, 2.75) is 11.3 Å². The molecule has 0 saturated heterocycles. The Morgan fingerprint density at radius 3 is 2.00 bits per heavy atom. The number of nitrogens with zero attached hydrogens (tertiary/aromatic N) is 2. The summed E-state index contributed by atoms with van der Waals surface area (Å²) in [6.07, 6.45) is -2.32. The van der Waals surface area contributed by atoms with E-state index in [1.54, 1.807) is 0 Å². The first-order chi connectivity index (χ1) is 12.6. The first kappa shape index (κ1) is 19.0. The average Bonchev–Trinajstić information content (AvgIpc) is 2.99. The lowest BCUT2D eigenvalue weighted by Gasteiger charge is -2.10. The molecule has 0 spiro atoms. The van der Waals surface area contributed by atoms with E-state index in [9.17, 15) is 30.4 Å². The van der Waals surface area contributed by atoms with Crippen molar-refractivity contribution in [1.82, 2.24) is 9.78 Å². The highest BCUT2D eigenvalue weighted by Gasteiger charge is 2.24. The molecule has 0 radical (unpaired) electrons. The zero-order valence-electron chi connectivity index (χ0n) is 13.6. The minimum Gasteiger partial charge on any atom is -0.233 e. The molecule has 0 unspecified atom stereocenters. The molecule has 2 aromatic carbocycles. The predicted molar refractivity (Wildman–Crippen MR) is 86.9 cm³/mol. The van der Waals surface area contributed by atoms with Gasteiger partial charge < -0.3 is 0 Å². The molecule has 0 bridgehead atoms. The molecule has 27 heavy (non-hydrogen) atoms. The van der Waals surface area contributed by atoms with Crippen molar-refractivity contribution in [3.05, 3.63) is 65.6 Å². The molecule has 0 atom stereocenters. The van der Waals surface area contributed by atoms with E-state index in [1.165, 1.54) is 12.1 Å². The summed E-state index contributed by atoms with van der Waals surface area (Å²) in [4.78, 5) is -1.12. The zero-order chi connectivity index (χ0) is 19.9. The second-order valence-electron chi connectivity index (χ2n) is 5.68. The summed E-state index contributed by atoms with van der Waals surface area (Å²) in [7, 11) is -4.17. The topological polar surface area (TPSA) is 52.0 Å². The Balaban J connectivity index is 2.24. The normalized spacial score (nSPS) is 12.0. The third kappa shape index (κ3) is 3.70. The van der Waals surface area contributed by atoms with Crippen LogP contribution in [-0.2, 0) is 9.84 Å². The number of hydrogen-bond donors (Lipinski definition) is 0. The van der Waals surface area contributed by atoms with Crippen LogP contribution >= 0.6 is 0 Å². The fourth-order valence-electron chi connectivity index (χ4n) is 2.55. The Morgan fingerprint density at radius 1 is 0.963 bits per heavy atom. The standard InChI is InChI=1S/C17H11F5N2O2S/c1-27(25,26)16-12(19)6-9(7-13(16)20)15-8-14(17(21)22)23-24(15)11-4-2-10(18)3-5-11/h2-8,17H,1H3. The van der Waals surface area contributed by atoms with Crippen LogP contribution in [0.4, 0.5) is 22.0 Å². The van der Waals surface area contributed by atoms with Gasteiger partial charge >= 0.3 is 0 Å². The van der Waals surface area contributed by atoms with Crippen molar-refractivity contribution in [1.29, 1.82) is 0 Å². The first-order valence-corrected chi connectivity index (χ1v) is 9.30. The number of halogens is 5. The van der Waals surface area contributed by atoms with Crippen LogP contribution in [0.25, 0.3) is 16.9 Å². The largest absolute Gasteiger partial charge is 0.282 e. The Morgan fingerprint density at radius 2 is 1.52 bits per heavy atom. The van der Waals surface area contributed by atoms with E-state index < -0.39 is 44.3 Å². The van der Waals surface area contributed by atoms with Crippen molar-refractivity contribution in [3.63, 3.8) is 0 Å². The summed E-state index contributed by atoms with van der Waals surface area (Å²) in [6, 6.07) is 6.98. The summed E-state index contributed by atoms with van der Waals surface area (Å²) in [6.45, 7) is 0. The van der Waals surface area contributed by atoms with E-state index in [0.717, 1.165) is 22.9 Å². The second kappa shape index (κ2) is 6.76. The molecule has 3 aromatic rings. The van der Waals surface area contributed by atoms with Gasteiger partial charge in [0.15, 0.2) is 9.84 Å². The average molecular weight is 402 g/mol. The fourth-order valence-corrected chi connectivity index (χ4v) is 3.38. The van der Waals surface area contributed by atoms with Crippen LogP contribution in [0.2, 0.25) is 0 Å². The van der Waals surface area contributed by atoms with E-state index >= 15 is 0 Å². The van der Waals surface area contributed by atoms with Crippen LogP contribution in [0.15, 0.2) is 47.4 Å². The molecule has 4 nitrogen and oxygen atoms in total. The smallest absolute Gasteiger partial charge is 0.233 e. The van der Waals surface area contributed by atoms with Gasteiger partial charge in [-0.1, -0.05) is 0 Å². The monoisotopic (exact) mass is 402 g/mol. The summed E-state index contributed by atoms with van der Waals surface area (Å²) in [5.74, 6) is -3.30. The van der Waals surface area contributed by atoms with Crippen LogP contribution < -0.4 is 0 Å². The molecule has 142 valence electrons. The lowest BCUT2D eigenvalue weighted by molar-refractivity contribution is 0.145. The maximum Gasteiger partial charge on any atom is 0.282 e. The highest BCUT2D eigenvalue weighted by atomic mass is 32.2. The van der Waals surface area contributed by atoms with Crippen LogP contribution in [-0.4, -0.2) is 24.5 Å². The Labute approximate surface area is 150 Å². The molecule has 0 fully saturated rings. The third-order valence-electron chi connectivity index (χ3n) is 3.69. The van der Waals surface area contributed by atoms with Gasteiger partial charge in [0.1, 0.15) is 28.0 Å². The Bertz CT molecular complexity index is 1090. The predicted octanol–water partition coefficient (Wildman–Crippen LogP) is 4.30. The lowest BCUT2D eigenvalue weighted by atomic mass is 10.1. The van der Waals surface area contributed by atoms with Crippen LogP contribution in [0.5, 0.6) is 0 Å². The van der Waals surface area contributed by atoms with Gasteiger partial charge in [-0.2, -0.15) is 5.10 Å². The van der Waals surface area contributed by atoms with Gasteiger partial charge in [0.2, 0.25) is 0 Å². The molecule has 0 aliphatic carbocycles. The molecule has 0 saturated carbocycles. The summed E-state index contributed by atoms with van der Waals surface area (Å²) < 4.78 is 91.6. The molecule has 3 rings (SSSR count). The SMILES string of the molecule is CS(=O)(=O)c1c(F)cc(-c2cc(C(F)F)nn2-c2ccc(F)cc2)cc1F. The fraction of sp³-hybridized carbons (Fsp3) is 0.118. The maximum absolute atomic E-state index is 14.2. The minimum atomic E-state index is -4.17. The van der Waals surface area contributed by atoms with E-state index in [-0.39, 0.29) is 16.9 Å². The molecule has 1 heterocycles. The number of alkyl halides is 2. The van der Waals surface area contributed by atoms with Gasteiger partial charge in [-0.15, -0.1) is 0 Å². The van der Waals surface area contributed by atoms with E-state index in [4.69, 9.17) is 0 Å². The van der Waals surface area contributed by atoms with E-state index in [2.05, 4.69) is 5.10 Å². The first-order valence-electron chi connectivity index (χ1n) is 7.41. The maximum atomic E-state index is 14.2. The van der Waals surface area contributed by atoms with Gasteiger partial charge in [-0.3, -0.25) is 0 Å². The Hall–Kier alpha value is -2.75. The molecule has 0 aliphatic rings. The van der Waals surface area contributed by atoms with Gasteiger partial charge in [0, 0.05) is 11.8 Å². The van der Waals surface area contributed by atoms with Gasteiger partial charge in [0.05, 0.1) is 11.4 Å². The summed E-state index contributed by atoms with van der Waals surface area (Å²) in [5.41, 5.74) is -0.815. The molecule has 0 amide bonds. The quantitative estimate of drug-likeness (QED) is 0.612. The minimum absolute atomic E-state index is 0.116. The number of aromatic nitrogens is 2. The highest BCUT2D eigenvalue weighted by Crippen LogP contribution is 2.31. The van der Waals surface area contributed by atoms with Gasteiger partial charge in [-0.05, 0) is 42.5 Å². The molecule has 0 N–H and O–H groups in total. The number of hydrogen-bond acceptors (Lipinski definition) is 3. The summed E-state index contributed by atoms with van der Waals surface area (Å²) >= 11 is 0. The molecule has 1 aromatic heterocycles. The molecular weight excluding hydrogens is 391 g/mol. The third-order valence-corrected chi connectivity index (χ3v) is 4.82. The van der Waals surface area contributed by atoms with Crippen LogP contribution in [0.3, 0.4) is 0 Å². The number of sulfone groups is 1. The van der Waals surface area contributed by atoms with Crippen LogP contribution in [0, 0.1) is 17.5 Å². The zero-order valence-corrected chi connectivity index (χ0v) is 14.4. The van der Waals surface area contributed by atoms with Crippen molar-refractivity contribution in [2.24, 2.45) is 0 Å². The second-order valence-corrected chi connectivity index (χ2v) is 7.64. The number of benzene rings is 2. The lowest BCUT2D eigenvalue weighted by Crippen LogP contribution is -2.06. The number of rotatable bonds is 4. The molecule has 0 aliphatic heterocycles. The summed E-state index contributed by atoms with van der Waals surface area (Å²) in [5, 5.41) is 3.70.